The van der Waals surface area contributed by atoms with E-state index in [-0.39, 0.29) is 5.63 Å². The molecule has 138 valence electrons. The predicted octanol–water partition coefficient (Wildman–Crippen LogP) is 5.86. The highest BCUT2D eigenvalue weighted by Crippen LogP contribution is 2.33. The molecule has 4 rings (SSSR count). The molecule has 0 aliphatic carbocycles. The molecule has 0 radical (unpaired) electrons. The molecule has 0 saturated heterocycles. The van der Waals surface area contributed by atoms with E-state index < -0.39 is 0 Å². The van der Waals surface area contributed by atoms with Crippen molar-refractivity contribution in [3.8, 4) is 16.9 Å². The molecular weight excluding hydrogens is 348 g/mol. The SMILES string of the molecule is Cc1c(OC/C=C/c2ccccc2)ccc2c(-c3ccccc3)cc(=O)oc12. The first-order chi connectivity index (χ1) is 13.7. The van der Waals surface area contributed by atoms with Crippen LogP contribution in [0.5, 0.6) is 5.75 Å². The van der Waals surface area contributed by atoms with Crippen molar-refractivity contribution in [2.45, 2.75) is 6.92 Å². The zero-order valence-electron chi connectivity index (χ0n) is 15.6. The molecule has 0 unspecified atom stereocenters. The van der Waals surface area contributed by atoms with E-state index in [9.17, 15) is 4.79 Å². The Morgan fingerprint density at radius 3 is 2.39 bits per heavy atom. The lowest BCUT2D eigenvalue weighted by molar-refractivity contribution is 0.360. The topological polar surface area (TPSA) is 39.4 Å². The number of hydrogen-bond acceptors (Lipinski definition) is 3. The Morgan fingerprint density at radius 2 is 1.64 bits per heavy atom. The first kappa shape index (κ1) is 17.8. The van der Waals surface area contributed by atoms with Crippen LogP contribution in [-0.2, 0) is 0 Å². The molecule has 3 aromatic carbocycles. The van der Waals surface area contributed by atoms with E-state index in [1.54, 1.807) is 6.07 Å². The van der Waals surface area contributed by atoms with Gasteiger partial charge in [-0.25, -0.2) is 4.79 Å². The highest BCUT2D eigenvalue weighted by atomic mass is 16.5. The van der Waals surface area contributed by atoms with Gasteiger partial charge in [0.15, 0.2) is 0 Å². The first-order valence-electron chi connectivity index (χ1n) is 9.19. The van der Waals surface area contributed by atoms with Gasteiger partial charge in [0.25, 0.3) is 0 Å². The lowest BCUT2D eigenvalue weighted by Gasteiger charge is -2.11. The number of ether oxygens (including phenoxy) is 1. The van der Waals surface area contributed by atoms with Crippen molar-refractivity contribution in [2.24, 2.45) is 0 Å². The highest BCUT2D eigenvalue weighted by molar-refractivity contribution is 5.95. The highest BCUT2D eigenvalue weighted by Gasteiger charge is 2.12. The van der Waals surface area contributed by atoms with Gasteiger partial charge in [-0.3, -0.25) is 0 Å². The second kappa shape index (κ2) is 7.97. The van der Waals surface area contributed by atoms with Crippen LogP contribution in [0.4, 0.5) is 0 Å². The average Bonchev–Trinajstić information content (AvgIpc) is 2.74. The van der Waals surface area contributed by atoms with Crippen LogP contribution >= 0.6 is 0 Å². The van der Waals surface area contributed by atoms with Gasteiger partial charge in [0.2, 0.25) is 0 Å². The molecule has 0 N–H and O–H groups in total. The number of fused-ring (bicyclic) bond motifs is 1. The molecule has 4 aromatic rings. The van der Waals surface area contributed by atoms with Crippen molar-refractivity contribution in [1.82, 2.24) is 0 Å². The van der Waals surface area contributed by atoms with Crippen molar-refractivity contribution in [2.75, 3.05) is 6.61 Å². The summed E-state index contributed by atoms with van der Waals surface area (Å²) < 4.78 is 11.4. The largest absolute Gasteiger partial charge is 0.489 e. The minimum absolute atomic E-state index is 0.365. The summed E-state index contributed by atoms with van der Waals surface area (Å²) in [5.74, 6) is 0.707. The Morgan fingerprint density at radius 1 is 0.929 bits per heavy atom. The molecule has 3 heteroatoms. The van der Waals surface area contributed by atoms with Gasteiger partial charge >= 0.3 is 5.63 Å². The summed E-state index contributed by atoms with van der Waals surface area (Å²) >= 11 is 0. The standard InChI is InChI=1S/C25H20O3/c1-18-23(27-16-8-11-19-9-4-2-5-10-19)15-14-21-22(17-24(26)28-25(18)21)20-12-6-3-7-13-20/h2-15,17H,16H2,1H3/b11-8+. The van der Waals surface area contributed by atoms with Crippen LogP contribution in [0.2, 0.25) is 0 Å². The summed E-state index contributed by atoms with van der Waals surface area (Å²) in [6.07, 6.45) is 3.99. The Balaban J connectivity index is 1.64. The summed E-state index contributed by atoms with van der Waals surface area (Å²) in [7, 11) is 0. The smallest absolute Gasteiger partial charge is 0.336 e. The van der Waals surface area contributed by atoms with Gasteiger partial charge in [0, 0.05) is 17.0 Å². The van der Waals surface area contributed by atoms with Gasteiger partial charge in [0.05, 0.1) is 0 Å². The molecule has 0 fully saturated rings. The molecule has 1 heterocycles. The minimum atomic E-state index is -0.365. The molecule has 0 atom stereocenters. The van der Waals surface area contributed by atoms with Crippen LogP contribution in [0.25, 0.3) is 28.2 Å². The number of benzene rings is 3. The first-order valence-corrected chi connectivity index (χ1v) is 9.19. The summed E-state index contributed by atoms with van der Waals surface area (Å²) in [4.78, 5) is 12.1. The average molecular weight is 368 g/mol. The molecule has 0 saturated carbocycles. The minimum Gasteiger partial charge on any atom is -0.489 e. The van der Waals surface area contributed by atoms with Crippen LogP contribution in [0, 0.1) is 6.92 Å². The molecule has 0 bridgehead atoms. The lowest BCUT2D eigenvalue weighted by atomic mass is 10.0. The molecule has 1 aromatic heterocycles. The molecule has 0 amide bonds. The Kier molecular flexibility index (Phi) is 5.07. The zero-order chi connectivity index (χ0) is 19.3. The molecule has 28 heavy (non-hydrogen) atoms. The quantitative estimate of drug-likeness (QED) is 0.414. The fraction of sp³-hybridized carbons (Fsp3) is 0.0800. The normalized spacial score (nSPS) is 11.2. The predicted molar refractivity (Wildman–Crippen MR) is 114 cm³/mol. The third-order valence-electron chi connectivity index (χ3n) is 4.64. The summed E-state index contributed by atoms with van der Waals surface area (Å²) in [6, 6.07) is 25.3. The summed E-state index contributed by atoms with van der Waals surface area (Å²) in [5, 5.41) is 0.899. The van der Waals surface area contributed by atoms with Gasteiger partial charge in [-0.1, -0.05) is 66.7 Å². The second-order valence-corrected chi connectivity index (χ2v) is 6.53. The fourth-order valence-electron chi connectivity index (χ4n) is 3.24. The van der Waals surface area contributed by atoms with Crippen LogP contribution in [0.3, 0.4) is 0 Å². The third kappa shape index (κ3) is 3.74. The van der Waals surface area contributed by atoms with Gasteiger partial charge in [0.1, 0.15) is 17.9 Å². The fourth-order valence-corrected chi connectivity index (χ4v) is 3.24. The second-order valence-electron chi connectivity index (χ2n) is 6.53. The molecule has 0 aliphatic heterocycles. The van der Waals surface area contributed by atoms with Gasteiger partial charge in [-0.05, 0) is 41.8 Å². The van der Waals surface area contributed by atoms with E-state index in [1.165, 1.54) is 0 Å². The van der Waals surface area contributed by atoms with Crippen LogP contribution in [-0.4, -0.2) is 6.61 Å². The van der Waals surface area contributed by atoms with Crippen molar-refractivity contribution in [3.05, 3.63) is 106 Å². The van der Waals surface area contributed by atoms with E-state index in [0.717, 1.165) is 27.6 Å². The van der Waals surface area contributed by atoms with Crippen molar-refractivity contribution < 1.29 is 9.15 Å². The monoisotopic (exact) mass is 368 g/mol. The Hall–Kier alpha value is -3.59. The molecule has 0 aliphatic rings. The van der Waals surface area contributed by atoms with Crippen molar-refractivity contribution in [1.29, 1.82) is 0 Å². The van der Waals surface area contributed by atoms with Crippen LogP contribution < -0.4 is 10.4 Å². The van der Waals surface area contributed by atoms with Crippen molar-refractivity contribution >= 4 is 17.0 Å². The number of hydrogen-bond donors (Lipinski definition) is 0. The molecule has 3 nitrogen and oxygen atoms in total. The maximum Gasteiger partial charge on any atom is 0.336 e. The van der Waals surface area contributed by atoms with E-state index in [4.69, 9.17) is 9.15 Å². The van der Waals surface area contributed by atoms with E-state index in [1.807, 2.05) is 91.9 Å². The maximum absolute atomic E-state index is 12.1. The summed E-state index contributed by atoms with van der Waals surface area (Å²) in [6.45, 7) is 2.35. The lowest BCUT2D eigenvalue weighted by Crippen LogP contribution is -2.01. The van der Waals surface area contributed by atoms with Gasteiger partial charge in [-0.15, -0.1) is 0 Å². The van der Waals surface area contributed by atoms with Gasteiger partial charge in [-0.2, -0.15) is 0 Å². The van der Waals surface area contributed by atoms with Crippen LogP contribution in [0.1, 0.15) is 11.1 Å². The number of aryl methyl sites for hydroxylation is 1. The molecular formula is C25H20O3. The van der Waals surface area contributed by atoms with E-state index in [2.05, 4.69) is 0 Å². The zero-order valence-corrected chi connectivity index (χ0v) is 15.6. The maximum atomic E-state index is 12.1. The van der Waals surface area contributed by atoms with Gasteiger partial charge < -0.3 is 9.15 Å². The third-order valence-corrected chi connectivity index (χ3v) is 4.64. The van der Waals surface area contributed by atoms with E-state index in [0.29, 0.717) is 17.9 Å². The van der Waals surface area contributed by atoms with E-state index >= 15 is 0 Å². The summed E-state index contributed by atoms with van der Waals surface area (Å²) in [5.41, 5.74) is 4.00. The van der Waals surface area contributed by atoms with Crippen LogP contribution in [0.15, 0.2) is 94.2 Å². The van der Waals surface area contributed by atoms with Crippen molar-refractivity contribution in [3.63, 3.8) is 0 Å². The molecule has 0 spiro atoms. The Labute approximate surface area is 163 Å². The Bertz CT molecular complexity index is 1170. The number of rotatable bonds is 5.